The van der Waals surface area contributed by atoms with E-state index in [0.717, 1.165) is 29.4 Å². The van der Waals surface area contributed by atoms with Gasteiger partial charge in [0.2, 0.25) is 0 Å². The number of hydrogen-bond acceptors (Lipinski definition) is 6. The molecule has 8 heteroatoms. The standard InChI is InChI=1S/C15H14N6OS/c1-10-8-23-15(17-10)21(12-5-6-12)14(22)11-3-2-4-13(7-11)20-9-16-18-19-20/h2-4,7-9,12H,5-6H2,1H3. The van der Waals surface area contributed by atoms with Crippen LogP contribution in [0.3, 0.4) is 0 Å². The molecule has 2 heterocycles. The van der Waals surface area contributed by atoms with Gasteiger partial charge in [-0.05, 0) is 48.4 Å². The van der Waals surface area contributed by atoms with Crippen LogP contribution in [-0.2, 0) is 0 Å². The summed E-state index contributed by atoms with van der Waals surface area (Å²) in [5, 5.41) is 13.8. The molecule has 0 bridgehead atoms. The molecule has 2 aromatic heterocycles. The Bertz CT molecular complexity index is 839. The summed E-state index contributed by atoms with van der Waals surface area (Å²) in [6, 6.07) is 7.57. The van der Waals surface area contributed by atoms with Gasteiger partial charge in [0, 0.05) is 17.0 Å². The number of benzene rings is 1. The summed E-state index contributed by atoms with van der Waals surface area (Å²) in [6.45, 7) is 1.94. The van der Waals surface area contributed by atoms with Crippen LogP contribution in [0.2, 0.25) is 0 Å². The molecule has 4 rings (SSSR count). The average Bonchev–Trinajstić information content (AvgIpc) is 3.07. The van der Waals surface area contributed by atoms with Crippen molar-refractivity contribution in [3.05, 3.63) is 47.2 Å². The van der Waals surface area contributed by atoms with Crippen LogP contribution in [0.1, 0.15) is 28.9 Å². The highest BCUT2D eigenvalue weighted by Crippen LogP contribution is 2.34. The fourth-order valence-electron chi connectivity index (χ4n) is 2.39. The first-order valence-corrected chi connectivity index (χ1v) is 8.19. The number of tetrazole rings is 1. The van der Waals surface area contributed by atoms with Crippen molar-refractivity contribution in [2.45, 2.75) is 25.8 Å². The van der Waals surface area contributed by atoms with Gasteiger partial charge in [0.1, 0.15) is 6.33 Å². The number of anilines is 1. The Balaban J connectivity index is 1.68. The Morgan fingerprint density at radius 1 is 1.39 bits per heavy atom. The quantitative estimate of drug-likeness (QED) is 0.735. The molecule has 0 unspecified atom stereocenters. The predicted molar refractivity (Wildman–Crippen MR) is 85.8 cm³/mol. The fraction of sp³-hybridized carbons (Fsp3) is 0.267. The van der Waals surface area contributed by atoms with Gasteiger partial charge in [-0.25, -0.2) is 9.67 Å². The van der Waals surface area contributed by atoms with Gasteiger partial charge in [-0.15, -0.1) is 16.4 Å². The molecule has 116 valence electrons. The van der Waals surface area contributed by atoms with E-state index in [9.17, 15) is 4.79 Å². The molecule has 1 saturated carbocycles. The van der Waals surface area contributed by atoms with E-state index in [4.69, 9.17) is 0 Å². The van der Waals surface area contributed by atoms with Gasteiger partial charge >= 0.3 is 0 Å². The van der Waals surface area contributed by atoms with Gasteiger partial charge in [0.25, 0.3) is 5.91 Å². The number of hydrogen-bond donors (Lipinski definition) is 0. The number of thiazole rings is 1. The molecule has 1 fully saturated rings. The Kier molecular flexibility index (Phi) is 3.38. The largest absolute Gasteiger partial charge is 0.281 e. The van der Waals surface area contributed by atoms with Crippen LogP contribution in [0, 0.1) is 6.92 Å². The van der Waals surface area contributed by atoms with Gasteiger partial charge in [0.15, 0.2) is 5.13 Å². The third kappa shape index (κ3) is 2.72. The highest BCUT2D eigenvalue weighted by Gasteiger charge is 2.36. The number of aryl methyl sites for hydroxylation is 1. The SMILES string of the molecule is Cc1csc(N(C(=O)c2cccc(-n3cnnn3)c2)C2CC2)n1. The van der Waals surface area contributed by atoms with Crippen molar-refractivity contribution in [3.63, 3.8) is 0 Å². The number of rotatable bonds is 4. The number of carbonyl (C=O) groups is 1. The second-order valence-electron chi connectivity index (χ2n) is 5.48. The molecule has 0 saturated heterocycles. The molecule has 0 spiro atoms. The third-order valence-corrected chi connectivity index (χ3v) is 4.61. The minimum absolute atomic E-state index is 0.0308. The summed E-state index contributed by atoms with van der Waals surface area (Å²) >= 11 is 1.51. The van der Waals surface area contributed by atoms with Crippen molar-refractivity contribution in [3.8, 4) is 5.69 Å². The highest BCUT2D eigenvalue weighted by atomic mass is 32.1. The van der Waals surface area contributed by atoms with E-state index < -0.39 is 0 Å². The molecule has 0 N–H and O–H groups in total. The fourth-order valence-corrected chi connectivity index (χ4v) is 3.26. The Morgan fingerprint density at radius 2 is 2.26 bits per heavy atom. The molecule has 1 amide bonds. The lowest BCUT2D eigenvalue weighted by Crippen LogP contribution is -2.33. The Morgan fingerprint density at radius 3 is 2.91 bits per heavy atom. The predicted octanol–water partition coefficient (Wildman–Crippen LogP) is 2.24. The second kappa shape index (κ2) is 5.54. The molecule has 0 atom stereocenters. The minimum Gasteiger partial charge on any atom is -0.281 e. The van der Waals surface area contributed by atoms with Crippen LogP contribution in [0.15, 0.2) is 36.0 Å². The lowest BCUT2D eigenvalue weighted by Gasteiger charge is -2.19. The smallest absolute Gasteiger partial charge is 0.260 e. The maximum absolute atomic E-state index is 13.0. The lowest BCUT2D eigenvalue weighted by molar-refractivity contribution is 0.0985. The molecule has 1 aromatic carbocycles. The first kappa shape index (κ1) is 14.0. The molecule has 0 aliphatic heterocycles. The number of aromatic nitrogens is 5. The van der Waals surface area contributed by atoms with Gasteiger partial charge in [-0.1, -0.05) is 6.07 Å². The summed E-state index contributed by atoms with van der Waals surface area (Å²) < 4.78 is 1.53. The zero-order valence-electron chi connectivity index (χ0n) is 12.5. The van der Waals surface area contributed by atoms with Gasteiger partial charge < -0.3 is 0 Å². The van der Waals surface area contributed by atoms with Crippen LogP contribution >= 0.6 is 11.3 Å². The first-order chi connectivity index (χ1) is 11.2. The van der Waals surface area contributed by atoms with Crippen LogP contribution in [0.25, 0.3) is 5.69 Å². The van der Waals surface area contributed by atoms with Crippen molar-refractivity contribution >= 4 is 22.4 Å². The lowest BCUT2D eigenvalue weighted by atomic mass is 10.1. The summed E-state index contributed by atoms with van der Waals surface area (Å²) in [6.07, 6.45) is 3.56. The first-order valence-electron chi connectivity index (χ1n) is 7.31. The Labute approximate surface area is 136 Å². The summed E-state index contributed by atoms with van der Waals surface area (Å²) in [4.78, 5) is 19.3. The molecule has 0 radical (unpaired) electrons. The van der Waals surface area contributed by atoms with E-state index in [2.05, 4.69) is 20.5 Å². The van der Waals surface area contributed by atoms with Crippen molar-refractivity contribution in [1.82, 2.24) is 25.2 Å². The third-order valence-electron chi connectivity index (χ3n) is 3.65. The molecule has 3 aromatic rings. The molecule has 7 nitrogen and oxygen atoms in total. The van der Waals surface area contributed by atoms with Crippen LogP contribution in [0.4, 0.5) is 5.13 Å². The number of carbonyl (C=O) groups excluding carboxylic acids is 1. The van der Waals surface area contributed by atoms with Gasteiger partial charge in [-0.2, -0.15) is 0 Å². The summed E-state index contributed by atoms with van der Waals surface area (Å²) in [5.74, 6) is -0.0308. The molecule has 1 aliphatic carbocycles. The van der Waals surface area contributed by atoms with Crippen molar-refractivity contribution < 1.29 is 4.79 Å². The Hall–Kier alpha value is -2.61. The van der Waals surface area contributed by atoms with Crippen molar-refractivity contribution in [2.24, 2.45) is 0 Å². The topological polar surface area (TPSA) is 76.8 Å². The van der Waals surface area contributed by atoms with Crippen LogP contribution in [-0.4, -0.2) is 37.1 Å². The molecule has 23 heavy (non-hydrogen) atoms. The molecule has 1 aliphatic rings. The van der Waals surface area contributed by atoms with Crippen molar-refractivity contribution in [1.29, 1.82) is 0 Å². The van der Waals surface area contributed by atoms with Crippen LogP contribution < -0.4 is 4.90 Å². The molecular formula is C15H14N6OS. The summed E-state index contributed by atoms with van der Waals surface area (Å²) in [7, 11) is 0. The minimum atomic E-state index is -0.0308. The van der Waals surface area contributed by atoms with E-state index in [-0.39, 0.29) is 11.9 Å². The van der Waals surface area contributed by atoms with E-state index >= 15 is 0 Å². The monoisotopic (exact) mass is 326 g/mol. The average molecular weight is 326 g/mol. The van der Waals surface area contributed by atoms with Gasteiger partial charge in [0.05, 0.1) is 11.4 Å². The van der Waals surface area contributed by atoms with Crippen molar-refractivity contribution in [2.75, 3.05) is 4.90 Å². The maximum atomic E-state index is 13.0. The zero-order chi connectivity index (χ0) is 15.8. The van der Waals surface area contributed by atoms with Crippen LogP contribution in [0.5, 0.6) is 0 Å². The normalized spacial score (nSPS) is 14.0. The van der Waals surface area contributed by atoms with E-state index in [1.54, 1.807) is 6.07 Å². The van der Waals surface area contributed by atoms with E-state index in [1.165, 1.54) is 22.3 Å². The van der Waals surface area contributed by atoms with E-state index in [1.807, 2.05) is 35.4 Å². The van der Waals surface area contributed by atoms with E-state index in [0.29, 0.717) is 5.56 Å². The number of nitrogens with zero attached hydrogens (tertiary/aromatic N) is 6. The second-order valence-corrected chi connectivity index (χ2v) is 6.32. The number of amides is 1. The zero-order valence-corrected chi connectivity index (χ0v) is 13.3. The summed E-state index contributed by atoms with van der Waals surface area (Å²) in [5.41, 5.74) is 2.30. The maximum Gasteiger partial charge on any atom is 0.260 e. The van der Waals surface area contributed by atoms with Gasteiger partial charge in [-0.3, -0.25) is 9.69 Å². The molecular weight excluding hydrogens is 312 g/mol. The highest BCUT2D eigenvalue weighted by molar-refractivity contribution is 7.14.